The van der Waals surface area contributed by atoms with E-state index in [2.05, 4.69) is 18.9 Å². The first-order valence-electron chi connectivity index (χ1n) is 10.4. The molecule has 2 aromatic heterocycles. The van der Waals surface area contributed by atoms with Gasteiger partial charge in [0.05, 0.1) is 12.6 Å². The van der Waals surface area contributed by atoms with Crippen molar-refractivity contribution in [1.29, 1.82) is 0 Å². The van der Waals surface area contributed by atoms with Crippen LogP contribution in [0, 0.1) is 12.8 Å². The summed E-state index contributed by atoms with van der Waals surface area (Å²) in [6, 6.07) is 14.9. The van der Waals surface area contributed by atoms with Crippen LogP contribution < -0.4 is 5.56 Å². The van der Waals surface area contributed by atoms with Crippen LogP contribution in [-0.4, -0.2) is 36.7 Å². The van der Waals surface area contributed by atoms with Gasteiger partial charge in [-0.05, 0) is 18.9 Å². The molecule has 1 aliphatic heterocycles. The van der Waals surface area contributed by atoms with Gasteiger partial charge < -0.3 is 9.47 Å². The molecule has 3 heterocycles. The zero-order valence-electron chi connectivity index (χ0n) is 17.7. The number of hydrogen-bond acceptors (Lipinski definition) is 4. The first-order valence-corrected chi connectivity index (χ1v) is 10.4. The molecule has 0 bridgehead atoms. The molecule has 4 rings (SSSR count). The Bertz CT molecular complexity index is 1100. The summed E-state index contributed by atoms with van der Waals surface area (Å²) in [6.45, 7) is 7.68. The Morgan fingerprint density at radius 1 is 1.10 bits per heavy atom. The Kier molecular flexibility index (Phi) is 5.53. The summed E-state index contributed by atoms with van der Waals surface area (Å²) in [5.41, 5.74) is 1.76. The highest BCUT2D eigenvalue weighted by Gasteiger charge is 2.35. The van der Waals surface area contributed by atoms with E-state index in [1.807, 2.05) is 52.9 Å². The molecule has 1 atom stereocenters. The fourth-order valence-electron chi connectivity index (χ4n) is 4.13. The molecule has 0 aliphatic carbocycles. The summed E-state index contributed by atoms with van der Waals surface area (Å²) < 4.78 is 3.59. The number of fused-ring (bicyclic) bond motifs is 1. The second-order valence-corrected chi connectivity index (χ2v) is 8.07. The van der Waals surface area contributed by atoms with Gasteiger partial charge in [-0.25, -0.2) is 9.67 Å². The number of nitrogens with zero attached hydrogens (tertiary/aromatic N) is 5. The fraction of sp³-hybridized carbons (Fsp3) is 0.391. The van der Waals surface area contributed by atoms with Crippen molar-refractivity contribution in [2.45, 2.75) is 46.3 Å². The van der Waals surface area contributed by atoms with Crippen molar-refractivity contribution in [1.82, 2.24) is 24.2 Å². The summed E-state index contributed by atoms with van der Waals surface area (Å²) in [7, 11) is 0. The van der Waals surface area contributed by atoms with Crippen molar-refractivity contribution in [3.05, 3.63) is 70.4 Å². The topological polar surface area (TPSA) is 73.0 Å². The van der Waals surface area contributed by atoms with Crippen LogP contribution in [-0.2, 0) is 17.9 Å². The molecule has 30 heavy (non-hydrogen) atoms. The number of aryl methyl sites for hydroxylation is 1. The predicted molar refractivity (Wildman–Crippen MR) is 115 cm³/mol. The van der Waals surface area contributed by atoms with Gasteiger partial charge in [-0.15, -0.1) is 0 Å². The Balaban J connectivity index is 1.57. The van der Waals surface area contributed by atoms with Crippen molar-refractivity contribution in [2.75, 3.05) is 6.54 Å². The molecular formula is C23H27N5O2. The first-order chi connectivity index (χ1) is 14.5. The Hall–Kier alpha value is -3.22. The zero-order valence-corrected chi connectivity index (χ0v) is 17.7. The maximum absolute atomic E-state index is 13.1. The highest BCUT2D eigenvalue weighted by molar-refractivity contribution is 5.76. The first kappa shape index (κ1) is 20.1. The van der Waals surface area contributed by atoms with E-state index in [4.69, 9.17) is 4.98 Å². The van der Waals surface area contributed by atoms with Gasteiger partial charge in [0.25, 0.3) is 5.56 Å². The van der Waals surface area contributed by atoms with Crippen LogP contribution in [0.4, 0.5) is 0 Å². The van der Waals surface area contributed by atoms with Gasteiger partial charge in [0, 0.05) is 36.8 Å². The van der Waals surface area contributed by atoms with Gasteiger partial charge in [-0.2, -0.15) is 5.10 Å². The van der Waals surface area contributed by atoms with Crippen LogP contribution in [0.2, 0.25) is 0 Å². The van der Waals surface area contributed by atoms with E-state index < -0.39 is 0 Å². The van der Waals surface area contributed by atoms with Crippen molar-refractivity contribution in [2.24, 2.45) is 5.92 Å². The van der Waals surface area contributed by atoms with Crippen molar-refractivity contribution in [3.8, 4) is 11.4 Å². The SMILES string of the molecule is Cc1cccc(=O)n1CCC(=O)N1CCn2nc(-c3ccccc3)nc2[C@@H]1C(C)C. The average molecular weight is 406 g/mol. The highest BCUT2D eigenvalue weighted by atomic mass is 16.2. The normalized spacial score (nSPS) is 16.0. The molecule has 0 fully saturated rings. The summed E-state index contributed by atoms with van der Waals surface area (Å²) in [5, 5.41) is 4.69. The lowest BCUT2D eigenvalue weighted by Crippen LogP contribution is -2.45. The minimum Gasteiger partial charge on any atom is -0.330 e. The average Bonchev–Trinajstić information content (AvgIpc) is 3.17. The molecule has 7 nitrogen and oxygen atoms in total. The Morgan fingerprint density at radius 2 is 1.87 bits per heavy atom. The summed E-state index contributed by atoms with van der Waals surface area (Å²) >= 11 is 0. The fourth-order valence-corrected chi connectivity index (χ4v) is 4.13. The van der Waals surface area contributed by atoms with Gasteiger partial charge in [-0.3, -0.25) is 9.59 Å². The van der Waals surface area contributed by atoms with Gasteiger partial charge in [0.15, 0.2) is 11.6 Å². The molecule has 0 spiro atoms. The number of carbonyl (C=O) groups is 1. The van der Waals surface area contributed by atoms with E-state index in [0.29, 0.717) is 25.5 Å². The molecule has 1 aromatic carbocycles. The van der Waals surface area contributed by atoms with E-state index >= 15 is 0 Å². The molecule has 3 aromatic rings. The molecule has 0 radical (unpaired) electrons. The molecule has 7 heteroatoms. The van der Waals surface area contributed by atoms with Gasteiger partial charge in [0.1, 0.15) is 0 Å². The largest absolute Gasteiger partial charge is 0.330 e. The summed E-state index contributed by atoms with van der Waals surface area (Å²) in [6.07, 6.45) is 0.285. The van der Waals surface area contributed by atoms with E-state index in [9.17, 15) is 9.59 Å². The smallest absolute Gasteiger partial charge is 0.250 e. The van der Waals surface area contributed by atoms with Crippen molar-refractivity contribution < 1.29 is 4.79 Å². The highest BCUT2D eigenvalue weighted by Crippen LogP contribution is 2.32. The van der Waals surface area contributed by atoms with E-state index in [1.54, 1.807) is 10.6 Å². The third-order valence-corrected chi connectivity index (χ3v) is 5.65. The van der Waals surface area contributed by atoms with Gasteiger partial charge in [0.2, 0.25) is 5.91 Å². The van der Waals surface area contributed by atoms with E-state index in [0.717, 1.165) is 17.1 Å². The predicted octanol–water partition coefficient (Wildman–Crippen LogP) is 3.04. The number of rotatable bonds is 5. The van der Waals surface area contributed by atoms with Gasteiger partial charge >= 0.3 is 0 Å². The monoisotopic (exact) mass is 405 g/mol. The zero-order chi connectivity index (χ0) is 21.3. The molecule has 0 unspecified atom stereocenters. The van der Waals surface area contributed by atoms with Crippen LogP contribution in [0.5, 0.6) is 0 Å². The van der Waals surface area contributed by atoms with Gasteiger partial charge in [-0.1, -0.05) is 50.2 Å². The summed E-state index contributed by atoms with van der Waals surface area (Å²) in [5.74, 6) is 1.76. The Labute approximate surface area is 176 Å². The second-order valence-electron chi connectivity index (χ2n) is 8.07. The standard InChI is InChI=1S/C23H27N5O2/c1-16(2)21-23-24-22(18-9-5-4-6-10-18)25-28(23)15-14-27(21)20(30)12-13-26-17(3)8-7-11-19(26)29/h4-11,16,21H,12-15H2,1-3H3/t21-/m0/s1. The van der Waals surface area contributed by atoms with E-state index in [-0.39, 0.29) is 29.8 Å². The lowest BCUT2D eigenvalue weighted by molar-refractivity contribution is -0.136. The maximum Gasteiger partial charge on any atom is 0.250 e. The van der Waals surface area contributed by atoms with Crippen LogP contribution in [0.3, 0.4) is 0 Å². The lowest BCUT2D eigenvalue weighted by atomic mass is 9.99. The third kappa shape index (κ3) is 3.79. The molecule has 1 amide bonds. The molecule has 0 N–H and O–H groups in total. The van der Waals surface area contributed by atoms with Crippen molar-refractivity contribution in [3.63, 3.8) is 0 Å². The number of pyridine rings is 1. The molecule has 0 saturated heterocycles. The number of aromatic nitrogens is 4. The maximum atomic E-state index is 13.1. The van der Waals surface area contributed by atoms with Crippen LogP contribution in [0.15, 0.2) is 53.3 Å². The lowest BCUT2D eigenvalue weighted by Gasteiger charge is -2.37. The number of benzene rings is 1. The Morgan fingerprint density at radius 3 is 2.57 bits per heavy atom. The number of amides is 1. The molecule has 156 valence electrons. The number of carbonyl (C=O) groups excluding carboxylic acids is 1. The second kappa shape index (κ2) is 8.26. The molecule has 1 aliphatic rings. The number of hydrogen-bond donors (Lipinski definition) is 0. The molecular weight excluding hydrogens is 378 g/mol. The third-order valence-electron chi connectivity index (χ3n) is 5.65. The van der Waals surface area contributed by atoms with Crippen LogP contribution in [0.25, 0.3) is 11.4 Å². The minimum absolute atomic E-state index is 0.0411. The van der Waals surface area contributed by atoms with Crippen LogP contribution in [0.1, 0.15) is 37.8 Å². The quantitative estimate of drug-likeness (QED) is 0.654. The van der Waals surface area contributed by atoms with E-state index in [1.165, 1.54) is 6.07 Å². The summed E-state index contributed by atoms with van der Waals surface area (Å²) in [4.78, 5) is 32.0. The molecule has 0 saturated carbocycles. The van der Waals surface area contributed by atoms with Crippen molar-refractivity contribution >= 4 is 5.91 Å². The van der Waals surface area contributed by atoms with Crippen LogP contribution >= 0.6 is 0 Å². The minimum atomic E-state index is -0.134.